The maximum Gasteiger partial charge on any atom is 0.338 e. The van der Waals surface area contributed by atoms with Crippen LogP contribution in [0.4, 0.5) is 0 Å². The zero-order valence-corrected chi connectivity index (χ0v) is 13.5. The van der Waals surface area contributed by atoms with Crippen LogP contribution >= 0.6 is 0 Å². The highest BCUT2D eigenvalue weighted by Crippen LogP contribution is 2.29. The fourth-order valence-electron chi connectivity index (χ4n) is 1.57. The van der Waals surface area contributed by atoms with Crippen LogP contribution in [-0.2, 0) is 9.53 Å². The Bertz CT molecular complexity index is 513. The molecule has 0 fully saturated rings. The van der Waals surface area contributed by atoms with Crippen LogP contribution in [0.5, 0.6) is 11.5 Å². The molecule has 1 aromatic carbocycles. The van der Waals surface area contributed by atoms with Crippen LogP contribution in [0, 0.1) is 5.92 Å². The standard InChI is InChI=1S/C16H23NO5/c1-5-20-14-8-12(16(19)22-10-15(18)17-4)6-7-13(14)21-9-11(2)3/h6-8,11H,5,9-10H2,1-4H3,(H,17,18). The maximum atomic E-state index is 11.9. The summed E-state index contributed by atoms with van der Waals surface area (Å²) in [7, 11) is 1.48. The zero-order valence-electron chi connectivity index (χ0n) is 13.5. The molecule has 0 radical (unpaired) electrons. The molecule has 1 rings (SSSR count). The molecule has 1 N–H and O–H groups in total. The van der Waals surface area contributed by atoms with E-state index in [1.165, 1.54) is 7.05 Å². The molecular weight excluding hydrogens is 286 g/mol. The Kier molecular flexibility index (Phi) is 7.22. The molecule has 1 aromatic rings. The molecule has 0 unspecified atom stereocenters. The average molecular weight is 309 g/mol. The summed E-state index contributed by atoms with van der Waals surface area (Å²) in [4.78, 5) is 23.0. The van der Waals surface area contributed by atoms with Gasteiger partial charge in [0.25, 0.3) is 5.91 Å². The summed E-state index contributed by atoms with van der Waals surface area (Å²) in [5.41, 5.74) is 0.309. The molecule has 122 valence electrons. The molecule has 6 heteroatoms. The predicted molar refractivity (Wildman–Crippen MR) is 82.3 cm³/mol. The lowest BCUT2D eigenvalue weighted by Crippen LogP contribution is -2.25. The number of hydrogen-bond donors (Lipinski definition) is 1. The van der Waals surface area contributed by atoms with Crippen molar-refractivity contribution in [2.24, 2.45) is 5.92 Å². The lowest BCUT2D eigenvalue weighted by atomic mass is 10.2. The molecule has 1 amide bonds. The Balaban J connectivity index is 2.82. The van der Waals surface area contributed by atoms with Gasteiger partial charge in [-0.2, -0.15) is 0 Å². The van der Waals surface area contributed by atoms with Crippen molar-refractivity contribution < 1.29 is 23.8 Å². The number of hydrogen-bond acceptors (Lipinski definition) is 5. The van der Waals surface area contributed by atoms with Gasteiger partial charge in [0.05, 0.1) is 18.8 Å². The molecule has 0 saturated heterocycles. The summed E-state index contributed by atoms with van der Waals surface area (Å²) in [6.07, 6.45) is 0. The van der Waals surface area contributed by atoms with Gasteiger partial charge in [-0.05, 0) is 31.0 Å². The Labute approximate surface area is 130 Å². The van der Waals surface area contributed by atoms with Crippen molar-refractivity contribution in [3.05, 3.63) is 23.8 Å². The topological polar surface area (TPSA) is 73.9 Å². The van der Waals surface area contributed by atoms with Gasteiger partial charge in [0.15, 0.2) is 18.1 Å². The monoisotopic (exact) mass is 309 g/mol. The molecule has 0 aromatic heterocycles. The van der Waals surface area contributed by atoms with Gasteiger partial charge in [-0.3, -0.25) is 4.79 Å². The molecule has 22 heavy (non-hydrogen) atoms. The number of esters is 1. The fraction of sp³-hybridized carbons (Fsp3) is 0.500. The van der Waals surface area contributed by atoms with Crippen LogP contribution < -0.4 is 14.8 Å². The van der Waals surface area contributed by atoms with E-state index >= 15 is 0 Å². The Morgan fingerprint density at radius 3 is 2.50 bits per heavy atom. The average Bonchev–Trinajstić information content (AvgIpc) is 2.51. The van der Waals surface area contributed by atoms with Gasteiger partial charge in [-0.25, -0.2) is 4.79 Å². The molecule has 0 atom stereocenters. The van der Waals surface area contributed by atoms with Crippen molar-refractivity contribution in [3.8, 4) is 11.5 Å². The maximum absolute atomic E-state index is 11.9. The summed E-state index contributed by atoms with van der Waals surface area (Å²) >= 11 is 0. The molecule has 0 heterocycles. The Hall–Kier alpha value is -2.24. The third-order valence-corrected chi connectivity index (χ3v) is 2.66. The van der Waals surface area contributed by atoms with Crippen LogP contribution in [0.15, 0.2) is 18.2 Å². The first kappa shape index (κ1) is 17.8. The second-order valence-corrected chi connectivity index (χ2v) is 5.05. The summed E-state index contributed by atoms with van der Waals surface area (Å²) in [5, 5.41) is 2.38. The number of ether oxygens (including phenoxy) is 3. The van der Waals surface area contributed by atoms with Crippen molar-refractivity contribution in [2.75, 3.05) is 26.9 Å². The number of carbonyl (C=O) groups excluding carboxylic acids is 2. The molecule has 0 bridgehead atoms. The molecular formula is C16H23NO5. The molecule has 0 aliphatic rings. The van der Waals surface area contributed by atoms with Crippen molar-refractivity contribution in [1.29, 1.82) is 0 Å². The minimum atomic E-state index is -0.583. The summed E-state index contributed by atoms with van der Waals surface area (Å²) < 4.78 is 16.1. The number of carbonyl (C=O) groups is 2. The Morgan fingerprint density at radius 1 is 1.18 bits per heavy atom. The van der Waals surface area contributed by atoms with E-state index < -0.39 is 5.97 Å². The van der Waals surface area contributed by atoms with E-state index in [-0.39, 0.29) is 12.5 Å². The fourth-order valence-corrected chi connectivity index (χ4v) is 1.57. The molecule has 0 aliphatic heterocycles. The van der Waals surface area contributed by atoms with Gasteiger partial charge < -0.3 is 19.5 Å². The van der Waals surface area contributed by atoms with Gasteiger partial charge in [0, 0.05) is 7.05 Å². The van der Waals surface area contributed by atoms with Crippen molar-refractivity contribution in [2.45, 2.75) is 20.8 Å². The smallest absolute Gasteiger partial charge is 0.338 e. The highest BCUT2D eigenvalue weighted by atomic mass is 16.5. The van der Waals surface area contributed by atoms with E-state index in [2.05, 4.69) is 5.32 Å². The lowest BCUT2D eigenvalue weighted by molar-refractivity contribution is -0.123. The normalized spacial score (nSPS) is 10.2. The molecule has 0 saturated carbocycles. The number of rotatable bonds is 8. The van der Waals surface area contributed by atoms with E-state index in [9.17, 15) is 9.59 Å². The minimum absolute atomic E-state index is 0.309. The largest absolute Gasteiger partial charge is 0.490 e. The number of benzene rings is 1. The van der Waals surface area contributed by atoms with Crippen LogP contribution in [0.25, 0.3) is 0 Å². The second-order valence-electron chi connectivity index (χ2n) is 5.05. The zero-order chi connectivity index (χ0) is 16.5. The van der Waals surface area contributed by atoms with E-state index in [4.69, 9.17) is 14.2 Å². The summed E-state index contributed by atoms with van der Waals surface area (Å²) in [6.45, 7) is 6.64. The number of likely N-dealkylation sites (N-methyl/N-ethyl adjacent to an activating group) is 1. The first-order valence-electron chi connectivity index (χ1n) is 7.25. The third kappa shape index (κ3) is 5.63. The molecule has 6 nitrogen and oxygen atoms in total. The summed E-state index contributed by atoms with van der Waals surface area (Å²) in [6, 6.07) is 4.82. The molecule has 0 spiro atoms. The van der Waals surface area contributed by atoms with Crippen LogP contribution in [-0.4, -0.2) is 38.7 Å². The minimum Gasteiger partial charge on any atom is -0.490 e. The highest BCUT2D eigenvalue weighted by Gasteiger charge is 2.14. The van der Waals surface area contributed by atoms with Crippen LogP contribution in [0.1, 0.15) is 31.1 Å². The first-order chi connectivity index (χ1) is 10.5. The van der Waals surface area contributed by atoms with Gasteiger partial charge in [0.1, 0.15) is 0 Å². The Morgan fingerprint density at radius 2 is 1.91 bits per heavy atom. The van der Waals surface area contributed by atoms with E-state index in [0.29, 0.717) is 36.2 Å². The quantitative estimate of drug-likeness (QED) is 0.744. The number of nitrogens with one attached hydrogen (secondary N) is 1. The van der Waals surface area contributed by atoms with Crippen LogP contribution in [0.3, 0.4) is 0 Å². The number of amides is 1. The predicted octanol–water partition coefficient (Wildman–Crippen LogP) is 2.02. The van der Waals surface area contributed by atoms with E-state index in [1.807, 2.05) is 20.8 Å². The first-order valence-corrected chi connectivity index (χ1v) is 7.25. The van der Waals surface area contributed by atoms with Gasteiger partial charge in [0.2, 0.25) is 0 Å². The van der Waals surface area contributed by atoms with Crippen molar-refractivity contribution >= 4 is 11.9 Å². The van der Waals surface area contributed by atoms with Crippen LogP contribution in [0.2, 0.25) is 0 Å². The SMILES string of the molecule is CCOc1cc(C(=O)OCC(=O)NC)ccc1OCC(C)C. The third-order valence-electron chi connectivity index (χ3n) is 2.66. The van der Waals surface area contributed by atoms with Gasteiger partial charge in [-0.15, -0.1) is 0 Å². The second kappa shape index (κ2) is 8.92. The van der Waals surface area contributed by atoms with E-state index in [1.54, 1.807) is 18.2 Å². The summed E-state index contributed by atoms with van der Waals surface area (Å²) in [5.74, 6) is 0.498. The van der Waals surface area contributed by atoms with E-state index in [0.717, 1.165) is 0 Å². The van der Waals surface area contributed by atoms with Crippen molar-refractivity contribution in [1.82, 2.24) is 5.32 Å². The van der Waals surface area contributed by atoms with Gasteiger partial charge in [-0.1, -0.05) is 13.8 Å². The highest BCUT2D eigenvalue weighted by molar-refractivity contribution is 5.92. The van der Waals surface area contributed by atoms with Gasteiger partial charge >= 0.3 is 5.97 Å². The molecule has 0 aliphatic carbocycles. The van der Waals surface area contributed by atoms with Crippen molar-refractivity contribution in [3.63, 3.8) is 0 Å². The lowest BCUT2D eigenvalue weighted by Gasteiger charge is -2.14.